The van der Waals surface area contributed by atoms with Gasteiger partial charge >= 0.3 is 6.09 Å². The third-order valence-electron chi connectivity index (χ3n) is 3.22. The molecule has 0 unspecified atom stereocenters. The van der Waals surface area contributed by atoms with E-state index in [1.165, 1.54) is 0 Å². The Labute approximate surface area is 146 Å². The maximum atomic E-state index is 12.1. The Morgan fingerprint density at radius 3 is 2.46 bits per heavy atom. The highest BCUT2D eigenvalue weighted by atomic mass is 32.1. The quantitative estimate of drug-likeness (QED) is 0.670. The molecule has 1 atom stereocenters. The van der Waals surface area contributed by atoms with E-state index in [4.69, 9.17) is 4.74 Å². The molecule has 1 aromatic heterocycles. The number of ether oxygens (including phenoxy) is 1. The fraction of sp³-hybridized carbons (Fsp3) is 0.235. The number of nitrogens with zero attached hydrogens (tertiary/aromatic N) is 1. The van der Waals surface area contributed by atoms with Crippen molar-refractivity contribution in [1.29, 1.82) is 0 Å². The summed E-state index contributed by atoms with van der Waals surface area (Å²) in [6.07, 6.45) is 2.64. The van der Waals surface area contributed by atoms with Gasteiger partial charge < -0.3 is 15.4 Å². The van der Waals surface area contributed by atoms with Crippen LogP contribution < -0.4 is 10.6 Å². The number of hydrogen-bond donors (Lipinski definition) is 3. The first-order valence-corrected chi connectivity index (χ1v) is 8.07. The van der Waals surface area contributed by atoms with Crippen LogP contribution in [-0.4, -0.2) is 28.8 Å². The number of hydrogen-bond acceptors (Lipinski definition) is 5. The van der Waals surface area contributed by atoms with Gasteiger partial charge in [-0.25, -0.2) is 4.79 Å². The Kier molecular flexibility index (Phi) is 7.10. The summed E-state index contributed by atoms with van der Waals surface area (Å²) in [7, 11) is 0. The van der Waals surface area contributed by atoms with Gasteiger partial charge in [-0.1, -0.05) is 30.3 Å². The molecule has 2 N–H and O–H groups in total. The summed E-state index contributed by atoms with van der Waals surface area (Å²) in [5.74, 6) is -0.152. The maximum Gasteiger partial charge on any atom is 0.408 e. The second-order valence-electron chi connectivity index (χ2n) is 5.01. The van der Waals surface area contributed by atoms with Crippen LogP contribution >= 0.6 is 12.6 Å². The topological polar surface area (TPSA) is 80.3 Å². The number of thiol groups is 1. The van der Waals surface area contributed by atoms with Crippen molar-refractivity contribution in [3.63, 3.8) is 0 Å². The van der Waals surface area contributed by atoms with Gasteiger partial charge in [0.05, 0.1) is 0 Å². The standard InChI is InChI=1S/C17H19N3O3S/c21-16(19-10-13-6-8-18-9-7-13)15(12-24)20-17(22)23-11-14-4-2-1-3-5-14/h1-9,15,24H,10-12H2,(H,19,21)(H,20,22)/t15-/m0/s1. The summed E-state index contributed by atoms with van der Waals surface area (Å²) in [6, 6.07) is 12.1. The Bertz CT molecular complexity index is 653. The third kappa shape index (κ3) is 5.92. The predicted octanol–water partition coefficient (Wildman–Crippen LogP) is 1.92. The molecule has 0 bridgehead atoms. The van der Waals surface area contributed by atoms with Gasteiger partial charge in [-0.15, -0.1) is 0 Å². The largest absolute Gasteiger partial charge is 0.445 e. The SMILES string of the molecule is O=C(N[C@@H](CS)C(=O)NCc1ccncc1)OCc1ccccc1. The van der Waals surface area contributed by atoms with Crippen molar-refractivity contribution in [3.8, 4) is 0 Å². The molecule has 0 aliphatic heterocycles. The molecule has 2 amide bonds. The minimum atomic E-state index is -0.765. The first-order valence-electron chi connectivity index (χ1n) is 7.43. The Hall–Kier alpha value is -2.54. The van der Waals surface area contributed by atoms with Crippen LogP contribution in [0.2, 0.25) is 0 Å². The van der Waals surface area contributed by atoms with Crippen molar-refractivity contribution < 1.29 is 14.3 Å². The lowest BCUT2D eigenvalue weighted by molar-refractivity contribution is -0.122. The Morgan fingerprint density at radius 2 is 1.79 bits per heavy atom. The molecule has 7 heteroatoms. The summed E-state index contributed by atoms with van der Waals surface area (Å²) >= 11 is 4.11. The number of rotatable bonds is 7. The number of alkyl carbamates (subject to hydrolysis) is 1. The monoisotopic (exact) mass is 345 g/mol. The van der Waals surface area contributed by atoms with Crippen molar-refractivity contribution in [2.24, 2.45) is 0 Å². The van der Waals surface area contributed by atoms with E-state index in [2.05, 4.69) is 28.2 Å². The van der Waals surface area contributed by atoms with Crippen molar-refractivity contribution in [3.05, 3.63) is 66.0 Å². The molecule has 0 aliphatic rings. The number of amides is 2. The van der Waals surface area contributed by atoms with Crippen LogP contribution in [0, 0.1) is 0 Å². The highest BCUT2D eigenvalue weighted by Gasteiger charge is 2.19. The van der Waals surface area contributed by atoms with Gasteiger partial charge in [0, 0.05) is 24.7 Å². The minimum absolute atomic E-state index is 0.143. The number of benzene rings is 1. The normalized spacial score (nSPS) is 11.4. The molecular weight excluding hydrogens is 326 g/mol. The number of nitrogens with one attached hydrogen (secondary N) is 2. The van der Waals surface area contributed by atoms with Gasteiger partial charge in [0.15, 0.2) is 0 Å². The van der Waals surface area contributed by atoms with Gasteiger partial charge in [0.25, 0.3) is 0 Å². The summed E-state index contributed by atoms with van der Waals surface area (Å²) < 4.78 is 5.10. The maximum absolute atomic E-state index is 12.1. The number of carbonyl (C=O) groups is 2. The third-order valence-corrected chi connectivity index (χ3v) is 3.59. The van der Waals surface area contributed by atoms with Gasteiger partial charge in [0.2, 0.25) is 5.91 Å². The highest BCUT2D eigenvalue weighted by Crippen LogP contribution is 2.01. The number of pyridine rings is 1. The molecule has 0 spiro atoms. The predicted molar refractivity (Wildman–Crippen MR) is 93.5 cm³/mol. The highest BCUT2D eigenvalue weighted by molar-refractivity contribution is 7.80. The fourth-order valence-corrected chi connectivity index (χ4v) is 2.17. The molecule has 0 saturated heterocycles. The smallest absolute Gasteiger partial charge is 0.408 e. The average molecular weight is 345 g/mol. The molecule has 1 heterocycles. The van der Waals surface area contributed by atoms with Crippen molar-refractivity contribution in [2.45, 2.75) is 19.2 Å². The Morgan fingerprint density at radius 1 is 1.08 bits per heavy atom. The van der Waals surface area contributed by atoms with E-state index in [1.54, 1.807) is 24.5 Å². The zero-order valence-corrected chi connectivity index (χ0v) is 13.9. The van der Waals surface area contributed by atoms with Crippen LogP contribution in [0.25, 0.3) is 0 Å². The molecule has 126 valence electrons. The first-order chi connectivity index (χ1) is 11.7. The van der Waals surface area contributed by atoms with E-state index >= 15 is 0 Å². The second kappa shape index (κ2) is 9.57. The average Bonchev–Trinajstić information content (AvgIpc) is 2.64. The van der Waals surface area contributed by atoms with Crippen LogP contribution in [0.4, 0.5) is 4.79 Å². The first kappa shape index (κ1) is 17.8. The number of carbonyl (C=O) groups excluding carboxylic acids is 2. The van der Waals surface area contributed by atoms with Crippen LogP contribution in [0.15, 0.2) is 54.9 Å². The van der Waals surface area contributed by atoms with E-state index in [-0.39, 0.29) is 18.3 Å². The Balaban J connectivity index is 1.77. The molecule has 2 aromatic rings. The van der Waals surface area contributed by atoms with E-state index in [0.29, 0.717) is 6.54 Å². The lowest BCUT2D eigenvalue weighted by atomic mass is 10.2. The lowest BCUT2D eigenvalue weighted by Crippen LogP contribution is -2.47. The molecule has 0 radical (unpaired) electrons. The molecule has 24 heavy (non-hydrogen) atoms. The molecule has 0 fully saturated rings. The van der Waals surface area contributed by atoms with Crippen LogP contribution in [0.5, 0.6) is 0 Å². The van der Waals surface area contributed by atoms with Gasteiger partial charge in [0.1, 0.15) is 12.6 Å². The summed E-state index contributed by atoms with van der Waals surface area (Å²) in [5.41, 5.74) is 1.79. The zero-order valence-electron chi connectivity index (χ0n) is 13.0. The molecule has 1 aromatic carbocycles. The van der Waals surface area contributed by atoms with Gasteiger partial charge in [-0.05, 0) is 23.3 Å². The molecule has 0 aliphatic carbocycles. The fourth-order valence-electron chi connectivity index (χ4n) is 1.91. The lowest BCUT2D eigenvalue weighted by Gasteiger charge is -2.16. The van der Waals surface area contributed by atoms with Crippen LogP contribution in [0.3, 0.4) is 0 Å². The molecule has 6 nitrogen and oxygen atoms in total. The van der Waals surface area contributed by atoms with Gasteiger partial charge in [-0.3, -0.25) is 9.78 Å². The van der Waals surface area contributed by atoms with E-state index in [1.807, 2.05) is 30.3 Å². The van der Waals surface area contributed by atoms with Crippen molar-refractivity contribution in [1.82, 2.24) is 15.6 Å². The van der Waals surface area contributed by atoms with E-state index in [0.717, 1.165) is 11.1 Å². The number of aromatic nitrogens is 1. The second-order valence-corrected chi connectivity index (χ2v) is 5.38. The minimum Gasteiger partial charge on any atom is -0.445 e. The summed E-state index contributed by atoms with van der Waals surface area (Å²) in [5, 5.41) is 5.25. The van der Waals surface area contributed by atoms with E-state index < -0.39 is 12.1 Å². The van der Waals surface area contributed by atoms with Crippen molar-refractivity contribution >= 4 is 24.6 Å². The van der Waals surface area contributed by atoms with E-state index in [9.17, 15) is 9.59 Å². The zero-order chi connectivity index (χ0) is 17.2. The summed E-state index contributed by atoms with van der Waals surface area (Å²) in [4.78, 5) is 27.8. The van der Waals surface area contributed by atoms with Crippen LogP contribution in [0.1, 0.15) is 11.1 Å². The van der Waals surface area contributed by atoms with Gasteiger partial charge in [-0.2, -0.15) is 12.6 Å². The molecule has 2 rings (SSSR count). The summed E-state index contributed by atoms with van der Waals surface area (Å²) in [6.45, 7) is 0.497. The van der Waals surface area contributed by atoms with Crippen LogP contribution in [-0.2, 0) is 22.7 Å². The van der Waals surface area contributed by atoms with Crippen molar-refractivity contribution in [2.75, 3.05) is 5.75 Å². The molecular formula is C17H19N3O3S. The molecule has 0 saturated carbocycles.